The second-order valence-electron chi connectivity index (χ2n) is 3.17. The van der Waals surface area contributed by atoms with Crippen LogP contribution in [0.1, 0.15) is 0 Å². The molecular weight excluding hydrogens is 217 g/mol. The maximum Gasteiger partial charge on any atom is 0.218 e. The molecule has 4 heteroatoms. The Hall–Kier alpha value is -1.82. The molecule has 2 aromatic carbocycles. The zero-order chi connectivity index (χ0) is 11.2. The molecule has 78 valence electrons. The molecule has 0 saturated carbocycles. The van der Waals surface area contributed by atoms with E-state index in [1.54, 1.807) is 0 Å². The summed E-state index contributed by atoms with van der Waals surface area (Å²) in [6, 6.07) is 19.9. The average Bonchev–Trinajstić information content (AvgIpc) is 2.38. The molecule has 0 aliphatic heterocycles. The third-order valence-corrected chi connectivity index (χ3v) is 3.98. The second kappa shape index (κ2) is 5.32. The van der Waals surface area contributed by atoms with Crippen LogP contribution in [0.3, 0.4) is 0 Å². The van der Waals surface area contributed by atoms with Gasteiger partial charge in [-0.1, -0.05) is 60.7 Å². The van der Waals surface area contributed by atoms with E-state index in [4.69, 9.17) is 5.53 Å². The first kappa shape index (κ1) is 10.7. The van der Waals surface area contributed by atoms with Crippen LogP contribution < -0.4 is 15.5 Å². The summed E-state index contributed by atoms with van der Waals surface area (Å²) in [6.07, 6.45) is 0. The molecule has 0 unspecified atom stereocenters. The van der Waals surface area contributed by atoms with Crippen LogP contribution >= 0.6 is 8.07 Å². The van der Waals surface area contributed by atoms with Crippen LogP contribution in [0.5, 0.6) is 0 Å². The Morgan fingerprint density at radius 3 is 1.62 bits per heavy atom. The summed E-state index contributed by atoms with van der Waals surface area (Å²) in [4.78, 5) is 7.21. The van der Waals surface area contributed by atoms with Crippen LogP contribution in [0, 0.1) is 5.53 Å². The highest BCUT2D eigenvalue weighted by Gasteiger charge is 2.17. The van der Waals surface area contributed by atoms with Gasteiger partial charge in [0, 0.05) is 10.6 Å². The standard InChI is InChI=1S/C12H11N3P/c13-14-15-16(11-7-3-1-4-8-11)12-9-5-2-6-10-12/h1-10,13H/q+1. The van der Waals surface area contributed by atoms with Crippen molar-refractivity contribution in [3.05, 3.63) is 60.7 Å². The zero-order valence-electron chi connectivity index (χ0n) is 8.62. The molecule has 0 spiro atoms. The summed E-state index contributed by atoms with van der Waals surface area (Å²) in [5, 5.41) is 2.22. The van der Waals surface area contributed by atoms with Crippen molar-refractivity contribution in [2.24, 2.45) is 4.88 Å². The number of nitrogens with zero attached hydrogens (tertiary/aromatic N) is 2. The lowest BCUT2D eigenvalue weighted by Crippen LogP contribution is -2.09. The van der Waals surface area contributed by atoms with Crippen LogP contribution in [-0.4, -0.2) is 0 Å². The van der Waals surface area contributed by atoms with Gasteiger partial charge in [-0.2, -0.15) is 0 Å². The lowest BCUT2D eigenvalue weighted by atomic mass is 10.4. The number of hydrogen-bond acceptors (Lipinski definition) is 2. The molecule has 0 aliphatic carbocycles. The van der Waals surface area contributed by atoms with Gasteiger partial charge in [-0.15, -0.1) is 0 Å². The van der Waals surface area contributed by atoms with E-state index < -0.39 is 8.07 Å². The van der Waals surface area contributed by atoms with Crippen LogP contribution in [0.2, 0.25) is 0 Å². The summed E-state index contributed by atoms with van der Waals surface area (Å²) in [5.74, 6) is 0. The fraction of sp³-hybridized carbons (Fsp3) is 0. The van der Waals surface area contributed by atoms with Gasteiger partial charge in [-0.3, -0.25) is 0 Å². The van der Waals surface area contributed by atoms with Crippen molar-refractivity contribution in [2.75, 3.05) is 0 Å². The highest BCUT2D eigenvalue weighted by molar-refractivity contribution is 7.71. The third-order valence-electron chi connectivity index (χ3n) is 2.14. The van der Waals surface area contributed by atoms with Crippen molar-refractivity contribution in [3.8, 4) is 0 Å². The lowest BCUT2D eigenvalue weighted by molar-refractivity contribution is 1.03. The first-order valence-electron chi connectivity index (χ1n) is 4.89. The van der Waals surface area contributed by atoms with Gasteiger partial charge >= 0.3 is 0 Å². The second-order valence-corrected chi connectivity index (χ2v) is 5.01. The predicted molar refractivity (Wildman–Crippen MR) is 66.4 cm³/mol. The van der Waals surface area contributed by atoms with Crippen molar-refractivity contribution >= 4 is 18.7 Å². The number of rotatable bonds is 3. The SMILES string of the molecule is N=[N+]=NP(c1ccccc1)c1ccccc1. The molecular formula is C12H11N3P+. The van der Waals surface area contributed by atoms with E-state index in [1.807, 2.05) is 60.7 Å². The molecule has 0 bridgehead atoms. The summed E-state index contributed by atoms with van der Waals surface area (Å²) in [7, 11) is -0.880. The molecule has 1 N–H and O–H groups in total. The quantitative estimate of drug-likeness (QED) is 0.477. The lowest BCUT2D eigenvalue weighted by Gasteiger charge is -2.05. The van der Waals surface area contributed by atoms with Crippen LogP contribution in [-0.2, 0) is 0 Å². The van der Waals surface area contributed by atoms with Crippen molar-refractivity contribution < 1.29 is 0 Å². The van der Waals surface area contributed by atoms with E-state index in [-0.39, 0.29) is 0 Å². The van der Waals surface area contributed by atoms with Crippen LogP contribution in [0.15, 0.2) is 65.5 Å². The van der Waals surface area contributed by atoms with Gasteiger partial charge in [-0.25, -0.2) is 0 Å². The van der Waals surface area contributed by atoms with Crippen molar-refractivity contribution in [1.29, 1.82) is 5.53 Å². The van der Waals surface area contributed by atoms with Crippen LogP contribution in [0.25, 0.3) is 0 Å². The van der Waals surface area contributed by atoms with E-state index in [9.17, 15) is 0 Å². The first-order chi connectivity index (χ1) is 7.92. The highest BCUT2D eigenvalue weighted by Crippen LogP contribution is 2.33. The molecule has 0 aromatic heterocycles. The molecule has 0 atom stereocenters. The Morgan fingerprint density at radius 2 is 1.25 bits per heavy atom. The molecule has 3 nitrogen and oxygen atoms in total. The normalized spacial score (nSPS) is 9.81. The van der Waals surface area contributed by atoms with Crippen molar-refractivity contribution in [1.82, 2.24) is 4.91 Å². The van der Waals surface area contributed by atoms with Crippen molar-refractivity contribution in [2.45, 2.75) is 0 Å². The van der Waals surface area contributed by atoms with E-state index >= 15 is 0 Å². The molecule has 16 heavy (non-hydrogen) atoms. The minimum absolute atomic E-state index is 0.880. The monoisotopic (exact) mass is 228 g/mol. The molecule has 2 aromatic rings. The third kappa shape index (κ3) is 2.40. The zero-order valence-corrected chi connectivity index (χ0v) is 9.51. The molecule has 0 amide bonds. The summed E-state index contributed by atoms with van der Waals surface area (Å²) in [5.41, 5.74) is 6.91. The molecule has 0 saturated heterocycles. The maximum atomic E-state index is 6.91. The first-order valence-corrected chi connectivity index (χ1v) is 6.19. The fourth-order valence-electron chi connectivity index (χ4n) is 1.44. The van der Waals surface area contributed by atoms with E-state index in [2.05, 4.69) is 9.80 Å². The largest absolute Gasteiger partial charge is 0.218 e. The number of nitrogens with one attached hydrogen (secondary N) is 1. The van der Waals surface area contributed by atoms with Gasteiger partial charge in [0.1, 0.15) is 10.4 Å². The van der Waals surface area contributed by atoms with Gasteiger partial charge in [0.25, 0.3) is 0 Å². The summed E-state index contributed by atoms with van der Waals surface area (Å²) >= 11 is 0. The predicted octanol–water partition coefficient (Wildman–Crippen LogP) is 2.58. The smallest absolute Gasteiger partial charge is 0.0622 e. The van der Waals surface area contributed by atoms with E-state index in [0.29, 0.717) is 0 Å². The average molecular weight is 228 g/mol. The van der Waals surface area contributed by atoms with E-state index in [0.717, 1.165) is 10.6 Å². The van der Waals surface area contributed by atoms with Crippen LogP contribution in [0.4, 0.5) is 0 Å². The molecule has 0 radical (unpaired) electrons. The Bertz CT molecular complexity index is 453. The molecule has 2 rings (SSSR count). The number of hydrogen-bond donors (Lipinski definition) is 1. The van der Waals surface area contributed by atoms with Gasteiger partial charge in [0.2, 0.25) is 4.91 Å². The van der Waals surface area contributed by atoms with Gasteiger partial charge in [0.05, 0.1) is 0 Å². The topological polar surface area (TPSA) is 50.3 Å². The Balaban J connectivity index is 2.43. The summed E-state index contributed by atoms with van der Waals surface area (Å²) < 4.78 is 0. The molecule has 0 heterocycles. The minimum atomic E-state index is -0.880. The summed E-state index contributed by atoms with van der Waals surface area (Å²) in [6.45, 7) is 0. The van der Waals surface area contributed by atoms with Gasteiger partial charge in [0.15, 0.2) is 8.07 Å². The fourth-order valence-corrected chi connectivity index (χ4v) is 2.94. The molecule has 0 aliphatic rings. The van der Waals surface area contributed by atoms with E-state index in [1.165, 1.54) is 0 Å². The molecule has 0 fully saturated rings. The Morgan fingerprint density at radius 1 is 0.812 bits per heavy atom. The van der Waals surface area contributed by atoms with Gasteiger partial charge < -0.3 is 0 Å². The van der Waals surface area contributed by atoms with Gasteiger partial charge in [-0.05, 0) is 0 Å². The Labute approximate surface area is 95.2 Å². The Kier molecular flexibility index (Phi) is 3.55. The highest BCUT2D eigenvalue weighted by atomic mass is 31.1. The number of benzene rings is 2. The van der Waals surface area contributed by atoms with Crippen molar-refractivity contribution in [3.63, 3.8) is 0 Å². The maximum absolute atomic E-state index is 6.91. The minimum Gasteiger partial charge on any atom is -0.0622 e.